The van der Waals surface area contributed by atoms with Crippen molar-refractivity contribution < 1.29 is 13.2 Å². The van der Waals surface area contributed by atoms with Gasteiger partial charge in [-0.3, -0.25) is 0 Å². The minimum absolute atomic E-state index is 0.0141. The average molecular weight is 299 g/mol. The Morgan fingerprint density at radius 2 is 2.11 bits per heavy atom. The van der Waals surface area contributed by atoms with Gasteiger partial charge in [-0.15, -0.1) is 0 Å². The molecule has 0 amide bonds. The molecule has 0 fully saturated rings. The number of pyridine rings is 1. The third-order valence-electron chi connectivity index (χ3n) is 2.55. The van der Waals surface area contributed by atoms with Crippen molar-refractivity contribution in [3.63, 3.8) is 0 Å². The van der Waals surface area contributed by atoms with Crippen LogP contribution in [0.1, 0.15) is 12.5 Å². The van der Waals surface area contributed by atoms with Crippen molar-refractivity contribution in [1.29, 1.82) is 0 Å². The van der Waals surface area contributed by atoms with Gasteiger partial charge in [-0.1, -0.05) is 11.6 Å². The third-order valence-corrected chi connectivity index (χ3v) is 3.65. The van der Waals surface area contributed by atoms with Gasteiger partial charge in [-0.25, -0.2) is 4.98 Å². The monoisotopic (exact) mass is 298 g/mol. The highest BCUT2D eigenvalue weighted by Gasteiger charge is 2.32. The summed E-state index contributed by atoms with van der Waals surface area (Å²) in [4.78, 5) is 5.59. The number of halogens is 4. The summed E-state index contributed by atoms with van der Waals surface area (Å²) in [5, 5.41) is 0.0141. The second-order valence-electron chi connectivity index (χ2n) is 3.94. The summed E-state index contributed by atoms with van der Waals surface area (Å²) in [7, 11) is 1.77. The topological polar surface area (TPSA) is 16.1 Å². The molecular formula is C11H14ClF3N2S. The lowest BCUT2D eigenvalue weighted by molar-refractivity contribution is -0.137. The molecule has 0 aliphatic carbocycles. The molecule has 0 saturated carbocycles. The fourth-order valence-electron chi connectivity index (χ4n) is 1.41. The van der Waals surface area contributed by atoms with Crippen molar-refractivity contribution in [3.8, 4) is 0 Å². The molecule has 1 unspecified atom stereocenters. The molecule has 0 N–H and O–H groups in total. The van der Waals surface area contributed by atoms with Crippen molar-refractivity contribution in [2.24, 2.45) is 0 Å². The lowest BCUT2D eigenvalue weighted by Gasteiger charge is -2.26. The number of hydrogen-bond donors (Lipinski definition) is 0. The lowest BCUT2D eigenvalue weighted by Crippen LogP contribution is -2.31. The zero-order chi connectivity index (χ0) is 13.9. The molecule has 2 nitrogen and oxygen atoms in total. The van der Waals surface area contributed by atoms with Crippen LogP contribution < -0.4 is 4.90 Å². The fraction of sp³-hybridized carbons (Fsp3) is 0.545. The molecule has 0 bridgehead atoms. The van der Waals surface area contributed by atoms with E-state index in [0.29, 0.717) is 5.82 Å². The maximum Gasteiger partial charge on any atom is 0.417 e. The van der Waals surface area contributed by atoms with Gasteiger partial charge in [-0.05, 0) is 19.2 Å². The summed E-state index contributed by atoms with van der Waals surface area (Å²) < 4.78 is 37.4. The van der Waals surface area contributed by atoms with Crippen LogP contribution in [0.25, 0.3) is 0 Å². The van der Waals surface area contributed by atoms with E-state index in [9.17, 15) is 13.2 Å². The van der Waals surface area contributed by atoms with Crippen molar-refractivity contribution >= 4 is 29.2 Å². The smallest absolute Gasteiger partial charge is 0.355 e. The standard InChI is InChI=1S/C11H14ClF3N2S/c1-7(6-18-3)17(2)10-9(12)4-8(5-16-10)11(13,14)15/h4-5,7H,6H2,1-3H3. The molecule has 0 saturated heterocycles. The van der Waals surface area contributed by atoms with Crippen LogP contribution in [0.15, 0.2) is 12.3 Å². The molecule has 1 aromatic rings. The average Bonchev–Trinajstić information content (AvgIpc) is 2.27. The molecule has 18 heavy (non-hydrogen) atoms. The molecule has 0 aromatic carbocycles. The Morgan fingerprint density at radius 1 is 1.50 bits per heavy atom. The van der Waals surface area contributed by atoms with Gasteiger partial charge >= 0.3 is 6.18 Å². The number of hydrogen-bond acceptors (Lipinski definition) is 3. The van der Waals surface area contributed by atoms with Crippen molar-refractivity contribution in [1.82, 2.24) is 4.98 Å². The van der Waals surface area contributed by atoms with Gasteiger partial charge in [0.1, 0.15) is 5.82 Å². The SMILES string of the molecule is CSCC(C)N(C)c1ncc(C(F)(F)F)cc1Cl. The molecule has 1 atom stereocenters. The quantitative estimate of drug-likeness (QED) is 0.837. The second kappa shape index (κ2) is 6.02. The lowest BCUT2D eigenvalue weighted by atomic mass is 10.2. The van der Waals surface area contributed by atoms with E-state index in [1.54, 1.807) is 23.7 Å². The summed E-state index contributed by atoms with van der Waals surface area (Å²) in [6.07, 6.45) is -1.64. The molecule has 0 radical (unpaired) electrons. The first-order valence-corrected chi connectivity index (χ1v) is 6.99. The Balaban J connectivity index is 2.99. The van der Waals surface area contributed by atoms with E-state index in [4.69, 9.17) is 11.6 Å². The van der Waals surface area contributed by atoms with Crippen LogP contribution in [0.2, 0.25) is 5.02 Å². The maximum atomic E-state index is 12.5. The number of anilines is 1. The number of nitrogens with zero attached hydrogens (tertiary/aromatic N) is 2. The first-order valence-electron chi connectivity index (χ1n) is 5.22. The Kier molecular flexibility index (Phi) is 5.16. The van der Waals surface area contributed by atoms with Gasteiger partial charge in [0.2, 0.25) is 0 Å². The number of aromatic nitrogens is 1. The highest BCUT2D eigenvalue weighted by molar-refractivity contribution is 7.98. The summed E-state index contributed by atoms with van der Waals surface area (Å²) in [6.45, 7) is 1.96. The third kappa shape index (κ3) is 3.68. The normalized spacial score (nSPS) is 13.5. The first kappa shape index (κ1) is 15.4. The van der Waals surface area contributed by atoms with Gasteiger partial charge in [-0.2, -0.15) is 24.9 Å². The first-order chi connectivity index (χ1) is 8.27. The zero-order valence-electron chi connectivity index (χ0n) is 10.3. The van der Waals surface area contributed by atoms with Crippen LogP contribution >= 0.6 is 23.4 Å². The van der Waals surface area contributed by atoms with E-state index in [1.807, 2.05) is 13.2 Å². The highest BCUT2D eigenvalue weighted by Crippen LogP contribution is 2.33. The van der Waals surface area contributed by atoms with Gasteiger partial charge in [0, 0.05) is 25.0 Å². The largest absolute Gasteiger partial charge is 0.417 e. The van der Waals surface area contributed by atoms with Gasteiger partial charge in [0.15, 0.2) is 0 Å². The molecule has 0 aliphatic rings. The van der Waals surface area contributed by atoms with E-state index >= 15 is 0 Å². The van der Waals surface area contributed by atoms with Crippen LogP contribution in [0, 0.1) is 0 Å². The fourth-order valence-corrected chi connectivity index (χ4v) is 2.41. The molecule has 1 rings (SSSR count). The summed E-state index contributed by atoms with van der Waals surface area (Å²) in [5.74, 6) is 1.21. The molecule has 1 aromatic heterocycles. The summed E-state index contributed by atoms with van der Waals surface area (Å²) >= 11 is 7.52. The molecular weight excluding hydrogens is 285 g/mol. The Hall–Kier alpha value is -0.620. The summed E-state index contributed by atoms with van der Waals surface area (Å²) in [6, 6.07) is 1.05. The second-order valence-corrected chi connectivity index (χ2v) is 5.26. The minimum atomic E-state index is -4.42. The van der Waals surface area contributed by atoms with Crippen LogP contribution in [0.3, 0.4) is 0 Å². The molecule has 7 heteroatoms. The van der Waals surface area contributed by atoms with E-state index in [1.165, 1.54) is 0 Å². The Labute approximate surface area is 114 Å². The number of thioether (sulfide) groups is 1. The zero-order valence-corrected chi connectivity index (χ0v) is 11.8. The summed E-state index contributed by atoms with van der Waals surface area (Å²) in [5.41, 5.74) is -0.831. The van der Waals surface area contributed by atoms with E-state index in [2.05, 4.69) is 4.98 Å². The minimum Gasteiger partial charge on any atom is -0.355 e. The Morgan fingerprint density at radius 3 is 2.56 bits per heavy atom. The molecule has 0 spiro atoms. The Bertz CT molecular complexity index is 412. The number of alkyl halides is 3. The number of rotatable bonds is 4. The van der Waals surface area contributed by atoms with E-state index < -0.39 is 11.7 Å². The van der Waals surface area contributed by atoms with Crippen molar-refractivity contribution in [3.05, 3.63) is 22.8 Å². The van der Waals surface area contributed by atoms with Crippen molar-refractivity contribution in [2.45, 2.75) is 19.1 Å². The van der Waals surface area contributed by atoms with Gasteiger partial charge < -0.3 is 4.90 Å². The predicted molar refractivity (Wildman–Crippen MR) is 70.5 cm³/mol. The van der Waals surface area contributed by atoms with Crippen molar-refractivity contribution in [2.75, 3.05) is 24.0 Å². The van der Waals surface area contributed by atoms with Crippen LogP contribution in [0.5, 0.6) is 0 Å². The van der Waals surface area contributed by atoms with Crippen LogP contribution in [-0.4, -0.2) is 30.1 Å². The molecule has 102 valence electrons. The maximum absolute atomic E-state index is 12.5. The van der Waals surface area contributed by atoms with Gasteiger partial charge in [0.05, 0.1) is 10.6 Å². The highest BCUT2D eigenvalue weighted by atomic mass is 35.5. The molecule has 0 aliphatic heterocycles. The van der Waals surface area contributed by atoms with Crippen LogP contribution in [0.4, 0.5) is 19.0 Å². The predicted octanol–water partition coefficient (Wildman–Crippen LogP) is 3.94. The van der Waals surface area contributed by atoms with E-state index in [0.717, 1.165) is 18.0 Å². The van der Waals surface area contributed by atoms with E-state index in [-0.39, 0.29) is 11.1 Å². The van der Waals surface area contributed by atoms with Crippen LogP contribution in [-0.2, 0) is 6.18 Å². The molecule has 1 heterocycles. The van der Waals surface area contributed by atoms with Gasteiger partial charge in [0.25, 0.3) is 0 Å².